The molecule has 1 aliphatic heterocycles. The van der Waals surface area contributed by atoms with Gasteiger partial charge in [0, 0.05) is 18.0 Å². The first-order chi connectivity index (χ1) is 14.1. The largest absolute Gasteiger partial charge is 0.489 e. The summed E-state index contributed by atoms with van der Waals surface area (Å²) in [6.45, 7) is 4.28. The maximum absolute atomic E-state index is 12.4. The molecule has 1 aromatic heterocycles. The zero-order chi connectivity index (χ0) is 20.6. The number of benzene rings is 1. The molecule has 10 heteroatoms. The first-order valence-corrected chi connectivity index (χ1v) is 10.3. The molecule has 0 aliphatic carbocycles. The normalized spacial score (nSPS) is 16.0. The van der Waals surface area contributed by atoms with Crippen molar-refractivity contribution in [3.63, 3.8) is 0 Å². The van der Waals surface area contributed by atoms with Gasteiger partial charge < -0.3 is 20.1 Å². The van der Waals surface area contributed by atoms with Crippen LogP contribution < -0.4 is 20.7 Å². The number of amides is 2. The number of thioether (sulfide) groups is 1. The standard InChI is InChI=1S/C19H22N6O3S/c1-12-8-23-18(10-22-12)25-19(26)24-15-5-13(7-20)17(29-2)6-16(15)28-11-14-9-21-3-4-27-14/h5-6,8,10,14,21H,3-4,9,11H2,1-2H3,(H2,23,24,25,26)/t14-/m0/s1. The van der Waals surface area contributed by atoms with Crippen LogP contribution in [0.15, 0.2) is 29.4 Å². The number of aromatic nitrogens is 2. The fourth-order valence-electron chi connectivity index (χ4n) is 2.67. The lowest BCUT2D eigenvalue weighted by Crippen LogP contribution is -2.41. The van der Waals surface area contributed by atoms with E-state index in [1.54, 1.807) is 18.3 Å². The van der Waals surface area contributed by atoms with Gasteiger partial charge in [0.25, 0.3) is 0 Å². The van der Waals surface area contributed by atoms with Gasteiger partial charge >= 0.3 is 6.03 Å². The quantitative estimate of drug-likeness (QED) is 0.616. The Bertz CT molecular complexity index is 894. The zero-order valence-electron chi connectivity index (χ0n) is 16.2. The highest BCUT2D eigenvalue weighted by Gasteiger charge is 2.18. The van der Waals surface area contributed by atoms with Crippen LogP contribution in [-0.4, -0.2) is 54.7 Å². The van der Waals surface area contributed by atoms with Crippen molar-refractivity contribution in [2.24, 2.45) is 0 Å². The number of urea groups is 1. The monoisotopic (exact) mass is 414 g/mol. The molecule has 29 heavy (non-hydrogen) atoms. The van der Waals surface area contributed by atoms with Gasteiger partial charge in [-0.3, -0.25) is 10.3 Å². The summed E-state index contributed by atoms with van der Waals surface area (Å²) < 4.78 is 11.6. The van der Waals surface area contributed by atoms with Gasteiger partial charge in [-0.1, -0.05) is 0 Å². The number of nitrogens with one attached hydrogen (secondary N) is 3. The number of morpholine rings is 1. The molecular formula is C19H22N6O3S. The summed E-state index contributed by atoms with van der Waals surface area (Å²) in [5.41, 5.74) is 1.59. The average Bonchev–Trinajstić information content (AvgIpc) is 2.74. The zero-order valence-corrected chi connectivity index (χ0v) is 17.0. The van der Waals surface area contributed by atoms with Gasteiger partial charge in [-0.2, -0.15) is 5.26 Å². The first-order valence-electron chi connectivity index (χ1n) is 9.03. The third kappa shape index (κ3) is 5.80. The molecule has 2 amide bonds. The number of aryl methyl sites for hydroxylation is 1. The van der Waals surface area contributed by atoms with Crippen LogP contribution in [0, 0.1) is 18.3 Å². The van der Waals surface area contributed by atoms with Crippen molar-refractivity contribution in [1.29, 1.82) is 5.26 Å². The molecule has 3 N–H and O–H groups in total. The van der Waals surface area contributed by atoms with Gasteiger partial charge in [0.15, 0.2) is 5.82 Å². The number of nitriles is 1. The van der Waals surface area contributed by atoms with Crippen LogP contribution >= 0.6 is 11.8 Å². The molecule has 0 unspecified atom stereocenters. The minimum Gasteiger partial charge on any atom is -0.489 e. The Morgan fingerprint density at radius 2 is 2.28 bits per heavy atom. The first kappa shape index (κ1) is 20.9. The Labute approximate surface area is 173 Å². The van der Waals surface area contributed by atoms with E-state index < -0.39 is 6.03 Å². The third-order valence-corrected chi connectivity index (χ3v) is 4.90. The highest BCUT2D eigenvalue weighted by atomic mass is 32.2. The summed E-state index contributed by atoms with van der Waals surface area (Å²) in [6, 6.07) is 4.98. The topological polar surface area (TPSA) is 121 Å². The van der Waals surface area contributed by atoms with E-state index in [0.717, 1.165) is 17.1 Å². The van der Waals surface area contributed by atoms with Gasteiger partial charge in [0.05, 0.1) is 35.9 Å². The van der Waals surface area contributed by atoms with Crippen LogP contribution in [0.4, 0.5) is 16.3 Å². The molecule has 1 saturated heterocycles. The highest BCUT2D eigenvalue weighted by molar-refractivity contribution is 7.98. The van der Waals surface area contributed by atoms with E-state index in [2.05, 4.69) is 32.0 Å². The number of ether oxygens (including phenoxy) is 2. The molecule has 1 aromatic carbocycles. The van der Waals surface area contributed by atoms with Crippen molar-refractivity contribution in [2.75, 3.05) is 43.2 Å². The molecule has 0 spiro atoms. The van der Waals surface area contributed by atoms with Crippen molar-refractivity contribution in [1.82, 2.24) is 15.3 Å². The minimum atomic E-state index is -0.510. The van der Waals surface area contributed by atoms with Crippen molar-refractivity contribution in [3.05, 3.63) is 35.8 Å². The Kier molecular flexibility index (Phi) is 7.24. The summed E-state index contributed by atoms with van der Waals surface area (Å²) in [4.78, 5) is 21.4. The number of rotatable bonds is 6. The minimum absolute atomic E-state index is 0.0818. The molecule has 3 rings (SSSR count). The molecule has 1 atom stereocenters. The lowest BCUT2D eigenvalue weighted by molar-refractivity contribution is 0.000309. The lowest BCUT2D eigenvalue weighted by Gasteiger charge is -2.24. The van der Waals surface area contributed by atoms with Crippen LogP contribution in [0.2, 0.25) is 0 Å². The van der Waals surface area contributed by atoms with E-state index in [-0.39, 0.29) is 6.10 Å². The molecule has 2 aromatic rings. The molecule has 0 radical (unpaired) electrons. The summed E-state index contributed by atoms with van der Waals surface area (Å²) >= 11 is 1.43. The second kappa shape index (κ2) is 10.1. The number of hydrogen-bond donors (Lipinski definition) is 3. The van der Waals surface area contributed by atoms with E-state index in [1.165, 1.54) is 18.0 Å². The van der Waals surface area contributed by atoms with E-state index in [9.17, 15) is 10.1 Å². The Morgan fingerprint density at radius 3 is 2.93 bits per heavy atom. The van der Waals surface area contributed by atoms with Crippen LogP contribution in [0.3, 0.4) is 0 Å². The molecule has 9 nitrogen and oxygen atoms in total. The molecule has 152 valence electrons. The second-order valence-corrected chi connectivity index (χ2v) is 7.14. The Morgan fingerprint density at radius 1 is 1.41 bits per heavy atom. The van der Waals surface area contributed by atoms with Gasteiger partial charge in [0.1, 0.15) is 24.5 Å². The smallest absolute Gasteiger partial charge is 0.325 e. The molecule has 2 heterocycles. The van der Waals surface area contributed by atoms with E-state index in [1.807, 2.05) is 13.2 Å². The fourth-order valence-corrected chi connectivity index (χ4v) is 3.22. The Hall–Kier alpha value is -2.87. The van der Waals surface area contributed by atoms with Crippen molar-refractivity contribution >= 4 is 29.3 Å². The second-order valence-electron chi connectivity index (χ2n) is 6.29. The van der Waals surface area contributed by atoms with Gasteiger partial charge in [0.2, 0.25) is 0 Å². The number of hydrogen-bond acceptors (Lipinski definition) is 8. The van der Waals surface area contributed by atoms with Gasteiger partial charge in [-0.05, 0) is 25.3 Å². The maximum atomic E-state index is 12.4. The summed E-state index contributed by atoms with van der Waals surface area (Å²) in [6.07, 6.45) is 4.83. The molecule has 0 saturated carbocycles. The fraction of sp³-hybridized carbons (Fsp3) is 0.368. The lowest BCUT2D eigenvalue weighted by atomic mass is 10.2. The van der Waals surface area contributed by atoms with Crippen molar-refractivity contribution in [2.45, 2.75) is 17.9 Å². The van der Waals surface area contributed by atoms with Gasteiger partial charge in [-0.25, -0.2) is 9.78 Å². The van der Waals surface area contributed by atoms with Crippen LogP contribution in [0.25, 0.3) is 0 Å². The average molecular weight is 414 g/mol. The van der Waals surface area contributed by atoms with Gasteiger partial charge in [-0.15, -0.1) is 11.8 Å². The van der Waals surface area contributed by atoms with E-state index in [4.69, 9.17) is 9.47 Å². The molecule has 0 bridgehead atoms. The van der Waals surface area contributed by atoms with E-state index in [0.29, 0.717) is 42.6 Å². The van der Waals surface area contributed by atoms with Crippen LogP contribution in [0.1, 0.15) is 11.3 Å². The summed E-state index contributed by atoms with van der Waals surface area (Å²) in [5, 5.41) is 18.0. The number of anilines is 2. The maximum Gasteiger partial charge on any atom is 0.325 e. The number of carbonyl (C=O) groups is 1. The Balaban J connectivity index is 1.75. The molecule has 1 fully saturated rings. The van der Waals surface area contributed by atoms with Crippen molar-refractivity contribution in [3.8, 4) is 11.8 Å². The van der Waals surface area contributed by atoms with Crippen LogP contribution in [-0.2, 0) is 4.74 Å². The molecule has 1 aliphatic rings. The highest BCUT2D eigenvalue weighted by Crippen LogP contribution is 2.33. The predicted molar refractivity (Wildman–Crippen MR) is 110 cm³/mol. The molecular weight excluding hydrogens is 392 g/mol. The predicted octanol–water partition coefficient (Wildman–Crippen LogP) is 2.39. The van der Waals surface area contributed by atoms with E-state index >= 15 is 0 Å². The summed E-state index contributed by atoms with van der Waals surface area (Å²) in [7, 11) is 0. The van der Waals surface area contributed by atoms with Crippen LogP contribution in [0.5, 0.6) is 5.75 Å². The number of nitrogens with zero attached hydrogens (tertiary/aromatic N) is 3. The number of carbonyl (C=O) groups excluding carboxylic acids is 1. The summed E-state index contributed by atoms with van der Waals surface area (Å²) in [5.74, 6) is 0.783. The third-order valence-electron chi connectivity index (χ3n) is 4.12. The van der Waals surface area contributed by atoms with Crippen molar-refractivity contribution < 1.29 is 14.3 Å². The SMILES string of the molecule is CSc1cc(OC[C@@H]2CNCCO2)c(NC(=O)Nc2cnc(C)cn2)cc1C#N.